The molecule has 0 aliphatic heterocycles. The van der Waals surface area contributed by atoms with Gasteiger partial charge in [0.15, 0.2) is 0 Å². The second-order valence-electron chi connectivity index (χ2n) is 8.74. The van der Waals surface area contributed by atoms with Gasteiger partial charge in [-0.25, -0.2) is 14.8 Å². The van der Waals surface area contributed by atoms with Crippen molar-refractivity contribution in [3.8, 4) is 5.75 Å². The fraction of sp³-hybridized carbons (Fsp3) is 0.333. The van der Waals surface area contributed by atoms with Gasteiger partial charge in [-0.2, -0.15) is 12.6 Å². The molecule has 0 saturated carbocycles. The van der Waals surface area contributed by atoms with E-state index >= 15 is 0 Å². The highest BCUT2D eigenvalue weighted by atomic mass is 32.1. The first-order valence-corrected chi connectivity index (χ1v) is 12.5. The van der Waals surface area contributed by atoms with Crippen LogP contribution in [0, 0.1) is 0 Å². The molecule has 2 aromatic heterocycles. The Balaban J connectivity index is 1.79. The third-order valence-electron chi connectivity index (χ3n) is 5.75. The van der Waals surface area contributed by atoms with Crippen LogP contribution in [0.5, 0.6) is 5.75 Å². The summed E-state index contributed by atoms with van der Waals surface area (Å²) in [5.74, 6) is -3.52. The van der Waals surface area contributed by atoms with Crippen LogP contribution in [0.15, 0.2) is 49.3 Å². The van der Waals surface area contributed by atoms with Gasteiger partial charge in [0.25, 0.3) is 0 Å². The lowest BCUT2D eigenvalue weighted by Gasteiger charge is -2.25. The van der Waals surface area contributed by atoms with E-state index in [9.17, 15) is 29.4 Å². The Kier molecular flexibility index (Phi) is 10.5. The topological polar surface area (TPSA) is 228 Å². The fourth-order valence-corrected chi connectivity index (χ4v) is 3.88. The molecule has 0 aliphatic carbocycles. The van der Waals surface area contributed by atoms with Crippen LogP contribution in [0.3, 0.4) is 0 Å². The predicted octanol–water partition coefficient (Wildman–Crippen LogP) is -1.34. The number of aromatic hydroxyl groups is 1. The zero-order chi connectivity index (χ0) is 28.4. The number of nitrogens with one attached hydrogen (secondary N) is 5. The average Bonchev–Trinajstić information content (AvgIpc) is 3.61. The minimum absolute atomic E-state index is 0.0102. The Labute approximate surface area is 228 Å². The van der Waals surface area contributed by atoms with Gasteiger partial charge in [-0.1, -0.05) is 12.1 Å². The second-order valence-corrected chi connectivity index (χ2v) is 9.11. The van der Waals surface area contributed by atoms with Crippen LogP contribution in [0.2, 0.25) is 0 Å². The van der Waals surface area contributed by atoms with E-state index in [1.54, 1.807) is 12.1 Å². The minimum atomic E-state index is -1.29. The molecule has 3 rings (SSSR count). The van der Waals surface area contributed by atoms with E-state index in [-0.39, 0.29) is 30.8 Å². The molecule has 0 saturated heterocycles. The highest BCUT2D eigenvalue weighted by molar-refractivity contribution is 7.80. The molecule has 0 spiro atoms. The van der Waals surface area contributed by atoms with E-state index in [4.69, 9.17) is 5.73 Å². The van der Waals surface area contributed by atoms with E-state index in [2.05, 4.69) is 48.5 Å². The van der Waals surface area contributed by atoms with Crippen LogP contribution < -0.4 is 21.7 Å². The Bertz CT molecular complexity index is 1240. The Morgan fingerprint density at radius 1 is 0.821 bits per heavy atom. The largest absolute Gasteiger partial charge is 0.508 e. The Morgan fingerprint density at radius 2 is 1.33 bits per heavy atom. The van der Waals surface area contributed by atoms with E-state index in [1.807, 2.05) is 0 Å². The minimum Gasteiger partial charge on any atom is -0.508 e. The zero-order valence-electron chi connectivity index (χ0n) is 20.7. The molecule has 15 heteroatoms. The van der Waals surface area contributed by atoms with Crippen LogP contribution in [0.25, 0.3) is 0 Å². The van der Waals surface area contributed by atoms with Crippen molar-refractivity contribution >= 4 is 36.3 Å². The predicted molar refractivity (Wildman–Crippen MR) is 142 cm³/mol. The van der Waals surface area contributed by atoms with Crippen molar-refractivity contribution in [2.45, 2.75) is 43.4 Å². The molecule has 0 fully saturated rings. The lowest BCUT2D eigenvalue weighted by Crippen LogP contribution is -2.58. The maximum Gasteiger partial charge on any atom is 0.327 e. The molecule has 14 nitrogen and oxygen atoms in total. The summed E-state index contributed by atoms with van der Waals surface area (Å²) in [6, 6.07) is 1.31. The molecular formula is C24H30N8O6S. The van der Waals surface area contributed by atoms with Crippen LogP contribution in [0.4, 0.5) is 0 Å². The molecular weight excluding hydrogens is 528 g/mol. The van der Waals surface area contributed by atoms with E-state index in [0.717, 1.165) is 0 Å². The van der Waals surface area contributed by atoms with Crippen LogP contribution in [-0.4, -0.2) is 83.8 Å². The number of phenolic OH excluding ortho intramolecular Hbond substituents is 1. The fourth-order valence-electron chi connectivity index (χ4n) is 3.64. The van der Waals surface area contributed by atoms with Crippen LogP contribution in [-0.2, 0) is 38.4 Å². The van der Waals surface area contributed by atoms with Crippen molar-refractivity contribution in [1.29, 1.82) is 0 Å². The van der Waals surface area contributed by atoms with Crippen molar-refractivity contribution in [2.75, 3.05) is 5.75 Å². The number of carbonyl (C=O) groups is 4. The number of nitrogens with two attached hydrogens (primary N) is 1. The van der Waals surface area contributed by atoms with Crippen molar-refractivity contribution in [3.63, 3.8) is 0 Å². The molecule has 3 aromatic rings. The van der Waals surface area contributed by atoms with Gasteiger partial charge in [-0.05, 0) is 17.7 Å². The highest BCUT2D eigenvalue weighted by Gasteiger charge is 2.30. The van der Waals surface area contributed by atoms with Gasteiger partial charge >= 0.3 is 5.97 Å². The maximum absolute atomic E-state index is 13.4. The number of carboxylic acids is 1. The quantitative estimate of drug-likeness (QED) is 0.107. The summed E-state index contributed by atoms with van der Waals surface area (Å²) < 4.78 is 0. The normalized spacial score (nSPS) is 14.0. The monoisotopic (exact) mass is 558 g/mol. The lowest BCUT2D eigenvalue weighted by atomic mass is 10.0. The summed E-state index contributed by atoms with van der Waals surface area (Å²) in [5, 5.41) is 26.5. The first-order chi connectivity index (χ1) is 18.7. The smallest absolute Gasteiger partial charge is 0.327 e. The summed E-state index contributed by atoms with van der Waals surface area (Å²) >= 11 is 3.96. The number of benzene rings is 1. The van der Waals surface area contributed by atoms with Gasteiger partial charge in [0.1, 0.15) is 23.9 Å². The molecule has 208 valence electrons. The molecule has 4 unspecified atom stereocenters. The standard InChI is InChI=1S/C24H30N8O6S/c25-17(6-14-8-26-11-28-14)21(34)30-19(7-15-9-27-12-29-15)23(36)31-18(5-13-1-3-16(33)4-2-13)22(35)32-20(10-39)24(37)38/h1-4,8-9,11-12,17-20,33,39H,5-7,10,25H2,(H,26,28)(H,27,29)(H,30,34)(H,31,36)(H,32,35)(H,37,38). The number of hydrogen-bond acceptors (Lipinski definition) is 9. The summed E-state index contributed by atoms with van der Waals surface area (Å²) in [4.78, 5) is 64.3. The first-order valence-electron chi connectivity index (χ1n) is 11.9. The number of aromatic amines is 2. The van der Waals surface area contributed by atoms with Crippen molar-refractivity contribution < 1.29 is 29.4 Å². The zero-order valence-corrected chi connectivity index (χ0v) is 21.6. The summed E-state index contributed by atoms with van der Waals surface area (Å²) in [6.45, 7) is 0. The lowest BCUT2D eigenvalue weighted by molar-refractivity contribution is -0.141. The summed E-state index contributed by atoms with van der Waals surface area (Å²) in [6.07, 6.45) is 6.02. The van der Waals surface area contributed by atoms with E-state index in [1.165, 1.54) is 37.2 Å². The molecule has 3 amide bonds. The average molecular weight is 559 g/mol. The van der Waals surface area contributed by atoms with Gasteiger partial charge < -0.3 is 41.9 Å². The SMILES string of the molecule is NC(Cc1cnc[nH]1)C(=O)NC(Cc1cnc[nH]1)C(=O)NC(Cc1ccc(O)cc1)C(=O)NC(CS)C(=O)O. The molecule has 9 N–H and O–H groups in total. The number of aliphatic carboxylic acids is 1. The number of nitrogens with zero attached hydrogens (tertiary/aromatic N) is 2. The maximum atomic E-state index is 13.4. The van der Waals surface area contributed by atoms with Crippen molar-refractivity contribution in [1.82, 2.24) is 35.9 Å². The summed E-state index contributed by atoms with van der Waals surface area (Å²) in [7, 11) is 0. The highest BCUT2D eigenvalue weighted by Crippen LogP contribution is 2.12. The molecule has 1 aromatic carbocycles. The van der Waals surface area contributed by atoms with Gasteiger partial charge in [-0.3, -0.25) is 14.4 Å². The number of thiol groups is 1. The molecule has 0 radical (unpaired) electrons. The van der Waals surface area contributed by atoms with Gasteiger partial charge in [-0.15, -0.1) is 0 Å². The third-order valence-corrected chi connectivity index (χ3v) is 6.11. The number of carbonyl (C=O) groups excluding carboxylic acids is 3. The molecule has 39 heavy (non-hydrogen) atoms. The Morgan fingerprint density at radius 3 is 1.85 bits per heavy atom. The number of carboxylic acid groups (broad SMARTS) is 1. The molecule has 0 bridgehead atoms. The molecule has 2 heterocycles. The van der Waals surface area contributed by atoms with Gasteiger partial charge in [0.2, 0.25) is 17.7 Å². The second kappa shape index (κ2) is 14.0. The number of H-pyrrole nitrogens is 2. The van der Waals surface area contributed by atoms with Crippen LogP contribution >= 0.6 is 12.6 Å². The van der Waals surface area contributed by atoms with E-state index in [0.29, 0.717) is 17.0 Å². The van der Waals surface area contributed by atoms with Gasteiger partial charge in [0.05, 0.1) is 18.7 Å². The van der Waals surface area contributed by atoms with Crippen LogP contribution in [0.1, 0.15) is 17.0 Å². The molecule has 0 aliphatic rings. The third kappa shape index (κ3) is 8.86. The van der Waals surface area contributed by atoms with Crippen molar-refractivity contribution in [2.24, 2.45) is 5.73 Å². The van der Waals surface area contributed by atoms with Gasteiger partial charge in [0, 0.05) is 48.8 Å². The molecule has 4 atom stereocenters. The summed E-state index contributed by atoms with van der Waals surface area (Å²) in [5.41, 5.74) is 7.79. The Hall–Kier alpha value is -4.37. The number of phenols is 1. The number of hydrogen-bond donors (Lipinski definition) is 9. The number of amides is 3. The van der Waals surface area contributed by atoms with Crippen molar-refractivity contribution in [3.05, 3.63) is 66.3 Å². The number of rotatable bonds is 14. The number of imidazole rings is 2. The first kappa shape index (κ1) is 29.2. The van der Waals surface area contributed by atoms with E-state index < -0.39 is 47.9 Å². The number of aromatic nitrogens is 4.